The lowest BCUT2D eigenvalue weighted by Crippen LogP contribution is -2.43. The molecule has 5 nitrogen and oxygen atoms in total. The van der Waals surface area contributed by atoms with Crippen molar-refractivity contribution in [1.29, 1.82) is 0 Å². The zero-order valence-corrected chi connectivity index (χ0v) is 11.6. The maximum Gasteiger partial charge on any atom is 0.304 e. The van der Waals surface area contributed by atoms with E-state index in [1.807, 2.05) is 24.4 Å². The van der Waals surface area contributed by atoms with E-state index in [9.17, 15) is 4.79 Å². The Morgan fingerprint density at radius 3 is 2.74 bits per heavy atom. The molecule has 19 heavy (non-hydrogen) atoms. The van der Waals surface area contributed by atoms with E-state index < -0.39 is 5.97 Å². The number of piperidine rings is 1. The molecule has 1 aliphatic heterocycles. The monoisotopic (exact) mass is 285 g/mol. The minimum Gasteiger partial charge on any atom is -0.481 e. The van der Waals surface area contributed by atoms with Gasteiger partial charge in [0.2, 0.25) is 0 Å². The molecule has 0 atom stereocenters. The third kappa shape index (κ3) is 5.04. The lowest BCUT2D eigenvalue weighted by atomic mass is 10.0. The third-order valence-corrected chi connectivity index (χ3v) is 3.24. The fraction of sp³-hybridized carbons (Fsp3) is 0.538. The first kappa shape index (κ1) is 15.7. The van der Waals surface area contributed by atoms with Crippen molar-refractivity contribution < 1.29 is 9.90 Å². The van der Waals surface area contributed by atoms with Crippen LogP contribution in [-0.4, -0.2) is 41.7 Å². The largest absolute Gasteiger partial charge is 0.481 e. The van der Waals surface area contributed by atoms with Crippen molar-refractivity contribution in [2.45, 2.75) is 25.3 Å². The van der Waals surface area contributed by atoms with Crippen molar-refractivity contribution >= 4 is 24.2 Å². The number of aliphatic carboxylic acids is 1. The van der Waals surface area contributed by atoms with Gasteiger partial charge in [0.15, 0.2) is 0 Å². The Labute approximate surface area is 119 Å². The summed E-state index contributed by atoms with van der Waals surface area (Å²) in [6.07, 6.45) is 4.08. The van der Waals surface area contributed by atoms with Gasteiger partial charge in [-0.15, -0.1) is 12.4 Å². The highest BCUT2D eigenvalue weighted by molar-refractivity contribution is 5.85. The SMILES string of the molecule is Cl.O=C(O)CCNC1CCN(c2ccccn2)CC1. The Bertz CT molecular complexity index is 381. The predicted molar refractivity (Wildman–Crippen MR) is 77.0 cm³/mol. The number of hydrogen-bond donors (Lipinski definition) is 2. The summed E-state index contributed by atoms with van der Waals surface area (Å²) in [5.74, 6) is 0.287. The number of pyridine rings is 1. The summed E-state index contributed by atoms with van der Waals surface area (Å²) < 4.78 is 0. The summed E-state index contributed by atoms with van der Waals surface area (Å²) in [6.45, 7) is 2.51. The van der Waals surface area contributed by atoms with E-state index in [1.165, 1.54) is 0 Å². The minimum absolute atomic E-state index is 0. The molecule has 1 aliphatic rings. The molecule has 0 spiro atoms. The molecule has 0 aromatic carbocycles. The topological polar surface area (TPSA) is 65.5 Å². The molecule has 0 bridgehead atoms. The maximum atomic E-state index is 10.4. The van der Waals surface area contributed by atoms with Crippen LogP contribution in [0.25, 0.3) is 0 Å². The van der Waals surface area contributed by atoms with E-state index in [0.717, 1.165) is 31.7 Å². The number of rotatable bonds is 5. The van der Waals surface area contributed by atoms with Gasteiger partial charge in [-0.05, 0) is 25.0 Å². The van der Waals surface area contributed by atoms with E-state index in [1.54, 1.807) is 0 Å². The molecule has 0 amide bonds. The van der Waals surface area contributed by atoms with Crippen LogP contribution in [0.1, 0.15) is 19.3 Å². The van der Waals surface area contributed by atoms with Crippen LogP contribution in [0.3, 0.4) is 0 Å². The lowest BCUT2D eigenvalue weighted by molar-refractivity contribution is -0.136. The van der Waals surface area contributed by atoms with Crippen LogP contribution >= 0.6 is 12.4 Å². The van der Waals surface area contributed by atoms with Crippen molar-refractivity contribution in [2.24, 2.45) is 0 Å². The van der Waals surface area contributed by atoms with Crippen LogP contribution in [0.5, 0.6) is 0 Å². The van der Waals surface area contributed by atoms with E-state index >= 15 is 0 Å². The lowest BCUT2D eigenvalue weighted by Gasteiger charge is -2.33. The number of carboxylic acids is 1. The first-order valence-corrected chi connectivity index (χ1v) is 6.37. The van der Waals surface area contributed by atoms with Crippen molar-refractivity contribution in [2.75, 3.05) is 24.5 Å². The summed E-state index contributed by atoms with van der Waals surface area (Å²) in [5.41, 5.74) is 0. The second-order valence-electron chi connectivity index (χ2n) is 4.55. The predicted octanol–water partition coefficient (Wildman–Crippen LogP) is 1.54. The van der Waals surface area contributed by atoms with Gasteiger partial charge >= 0.3 is 5.97 Å². The zero-order valence-electron chi connectivity index (χ0n) is 10.8. The number of nitrogens with one attached hydrogen (secondary N) is 1. The third-order valence-electron chi connectivity index (χ3n) is 3.24. The smallest absolute Gasteiger partial charge is 0.304 e. The molecule has 1 fully saturated rings. The van der Waals surface area contributed by atoms with E-state index in [4.69, 9.17) is 5.11 Å². The number of hydrogen-bond acceptors (Lipinski definition) is 4. The molecule has 0 unspecified atom stereocenters. The summed E-state index contributed by atoms with van der Waals surface area (Å²) in [5, 5.41) is 11.9. The Balaban J connectivity index is 0.00000180. The molecule has 0 radical (unpaired) electrons. The van der Waals surface area contributed by atoms with Crippen molar-refractivity contribution in [1.82, 2.24) is 10.3 Å². The number of aromatic nitrogens is 1. The van der Waals surface area contributed by atoms with Gasteiger partial charge in [0.1, 0.15) is 5.82 Å². The number of anilines is 1. The fourth-order valence-corrected chi connectivity index (χ4v) is 2.24. The number of halogens is 1. The Hall–Kier alpha value is -1.33. The first-order valence-electron chi connectivity index (χ1n) is 6.37. The summed E-state index contributed by atoms with van der Waals surface area (Å²) in [7, 11) is 0. The van der Waals surface area contributed by atoms with Gasteiger partial charge in [0, 0.05) is 31.9 Å². The maximum absolute atomic E-state index is 10.4. The molecular formula is C13H20ClN3O2. The molecule has 1 aromatic heterocycles. The highest BCUT2D eigenvalue weighted by atomic mass is 35.5. The standard InChI is InChI=1S/C13H19N3O2.ClH/c17-13(18)4-8-14-11-5-9-16(10-6-11)12-3-1-2-7-15-12;/h1-3,7,11,14H,4-6,8-10H2,(H,17,18);1H. The molecule has 0 aliphatic carbocycles. The first-order chi connectivity index (χ1) is 8.75. The van der Waals surface area contributed by atoms with Crippen LogP contribution in [0, 0.1) is 0 Å². The van der Waals surface area contributed by atoms with Crippen LogP contribution in [0.4, 0.5) is 5.82 Å². The molecule has 2 rings (SSSR count). The van der Waals surface area contributed by atoms with E-state index in [0.29, 0.717) is 12.6 Å². The highest BCUT2D eigenvalue weighted by Crippen LogP contribution is 2.16. The number of nitrogens with zero attached hydrogens (tertiary/aromatic N) is 2. The van der Waals surface area contributed by atoms with Gasteiger partial charge in [-0.3, -0.25) is 4.79 Å². The van der Waals surface area contributed by atoms with Crippen LogP contribution in [0.2, 0.25) is 0 Å². The molecule has 2 N–H and O–H groups in total. The highest BCUT2D eigenvalue weighted by Gasteiger charge is 2.19. The van der Waals surface area contributed by atoms with E-state index in [-0.39, 0.29) is 18.8 Å². The molecule has 1 saturated heterocycles. The van der Waals surface area contributed by atoms with Crippen LogP contribution < -0.4 is 10.2 Å². The average Bonchev–Trinajstić information content (AvgIpc) is 2.40. The van der Waals surface area contributed by atoms with Gasteiger partial charge in [-0.1, -0.05) is 6.07 Å². The summed E-state index contributed by atoms with van der Waals surface area (Å²) in [4.78, 5) is 17.0. The van der Waals surface area contributed by atoms with Crippen molar-refractivity contribution in [3.8, 4) is 0 Å². The molecule has 2 heterocycles. The second kappa shape index (κ2) is 7.96. The molecule has 0 saturated carbocycles. The van der Waals surface area contributed by atoms with Gasteiger partial charge in [0.05, 0.1) is 6.42 Å². The fourth-order valence-electron chi connectivity index (χ4n) is 2.24. The minimum atomic E-state index is -0.742. The van der Waals surface area contributed by atoms with E-state index in [2.05, 4.69) is 15.2 Å². The second-order valence-corrected chi connectivity index (χ2v) is 4.55. The molecular weight excluding hydrogens is 266 g/mol. The van der Waals surface area contributed by atoms with Crippen LogP contribution in [0.15, 0.2) is 24.4 Å². The number of carboxylic acid groups (broad SMARTS) is 1. The molecule has 1 aromatic rings. The molecule has 106 valence electrons. The Morgan fingerprint density at radius 2 is 2.16 bits per heavy atom. The molecule has 6 heteroatoms. The van der Waals surface area contributed by atoms with Crippen LogP contribution in [-0.2, 0) is 4.79 Å². The van der Waals surface area contributed by atoms with Gasteiger partial charge in [-0.25, -0.2) is 4.98 Å². The quantitative estimate of drug-likeness (QED) is 0.859. The average molecular weight is 286 g/mol. The Morgan fingerprint density at radius 1 is 1.42 bits per heavy atom. The zero-order chi connectivity index (χ0) is 12.8. The summed E-state index contributed by atoms with van der Waals surface area (Å²) in [6, 6.07) is 6.38. The van der Waals surface area contributed by atoms with Crippen molar-refractivity contribution in [3.63, 3.8) is 0 Å². The van der Waals surface area contributed by atoms with Gasteiger partial charge in [-0.2, -0.15) is 0 Å². The van der Waals surface area contributed by atoms with Gasteiger partial charge < -0.3 is 15.3 Å². The normalized spacial score (nSPS) is 15.9. The van der Waals surface area contributed by atoms with Crippen molar-refractivity contribution in [3.05, 3.63) is 24.4 Å². The van der Waals surface area contributed by atoms with Gasteiger partial charge in [0.25, 0.3) is 0 Å². The summed E-state index contributed by atoms with van der Waals surface area (Å²) >= 11 is 0. The Kier molecular flexibility index (Phi) is 6.59. The number of carbonyl (C=O) groups is 1.